The first-order chi connectivity index (χ1) is 60.4. The van der Waals surface area contributed by atoms with Gasteiger partial charge in [-0.1, -0.05) is 6.07 Å². The molecule has 668 valence electrons. The van der Waals surface area contributed by atoms with Crippen molar-refractivity contribution in [1.82, 2.24) is 9.90 Å². The molecule has 53 heteroatoms. The van der Waals surface area contributed by atoms with E-state index < -0.39 is 83.2 Å². The van der Waals surface area contributed by atoms with Crippen molar-refractivity contribution in [2.24, 2.45) is 25.8 Å². The molecular formula is C76H72N18NaO34+3. The van der Waals surface area contributed by atoms with E-state index in [0.717, 1.165) is 47.2 Å². The number of nitrogens with zero attached hydrogens (tertiary/aromatic N) is 14. The van der Waals surface area contributed by atoms with E-state index in [1.165, 1.54) is 120 Å². The molecule has 1 aromatic heterocycles. The average Bonchev–Trinajstić information content (AvgIpc) is 1.63. The van der Waals surface area contributed by atoms with Crippen LogP contribution in [0.2, 0.25) is 0 Å². The van der Waals surface area contributed by atoms with Crippen molar-refractivity contribution < 1.29 is 163 Å². The number of aromatic amines is 1. The van der Waals surface area contributed by atoms with Crippen molar-refractivity contribution in [2.45, 2.75) is 0 Å². The Morgan fingerprint density at radius 3 is 1.02 bits per heavy atom. The summed E-state index contributed by atoms with van der Waals surface area (Å²) in [6.45, 7) is 9.78. The van der Waals surface area contributed by atoms with E-state index in [1.54, 1.807) is 74.9 Å². The number of aromatic nitrogens is 3. The van der Waals surface area contributed by atoms with Crippen molar-refractivity contribution in [1.29, 1.82) is 11.1 Å². The van der Waals surface area contributed by atoms with Crippen molar-refractivity contribution in [3.8, 4) is 64.8 Å². The van der Waals surface area contributed by atoms with Gasteiger partial charge < -0.3 is 89.9 Å². The van der Waals surface area contributed by atoms with Crippen LogP contribution in [0.15, 0.2) is 214 Å². The fourth-order valence-electron chi connectivity index (χ4n) is 9.41. The van der Waals surface area contributed by atoms with Gasteiger partial charge in [0, 0.05) is 74.2 Å². The van der Waals surface area contributed by atoms with Crippen LogP contribution in [-0.2, 0) is 0 Å². The number of rotatable bonds is 24. The van der Waals surface area contributed by atoms with Crippen molar-refractivity contribution in [3.05, 3.63) is 297 Å². The number of nitro benzene ring substituents is 5. The number of azo groups is 2. The van der Waals surface area contributed by atoms with E-state index in [-0.39, 0.29) is 109 Å². The van der Waals surface area contributed by atoms with E-state index in [0.29, 0.717) is 61.6 Å². The van der Waals surface area contributed by atoms with Gasteiger partial charge in [0.2, 0.25) is 0 Å². The Bertz CT molecular complexity index is 5900. The molecule has 0 amide bonds. The van der Waals surface area contributed by atoms with Crippen LogP contribution in [0.3, 0.4) is 0 Å². The summed E-state index contributed by atoms with van der Waals surface area (Å²) >= 11 is 0. The molecule has 0 saturated carbocycles. The predicted octanol–water partition coefficient (Wildman–Crippen LogP) is 12.7. The zero-order valence-electron chi connectivity index (χ0n) is 68.1. The molecule has 0 radical (unpaired) electrons. The van der Waals surface area contributed by atoms with Gasteiger partial charge in [0.1, 0.15) is 57.3 Å². The van der Waals surface area contributed by atoms with Gasteiger partial charge in [-0.2, -0.15) is 5.10 Å². The Hall–Kier alpha value is -18.4. The SMILES string of the molecule is C#[N+]c1ccc(C(=O)O)cc1[N+](=O)[O-].C#[N+]c1ccc(C(=O)O)cc1[N+](=O)[O-].COc1ccc(-n2[nH]c3ccc(C(=O)O)cc3[n+]2=O)c(OC)c1.COc1ccc(N=Nc2ccc(C(=O)O)cc2[N+](=O)[O-])c(OC)c1.COc1ccc(N=Nc2ccc(C(=O)O)cc2[N+](=O)[O-])c(OC)c1.COc1cccc(OC)c1.N=N.Nc1ccc(C(=O)O)cc1[N+](=O)[O-].O.O=N[O-].[HH].[Na+]. The fourth-order valence-corrected chi connectivity index (χ4v) is 9.41. The Kier molecular flexibility index (Phi) is 45.5. The first-order valence-corrected chi connectivity index (χ1v) is 33.8. The maximum Gasteiger partial charge on any atom is 1.00 e. The minimum atomic E-state index is -1.27. The van der Waals surface area contributed by atoms with Crippen LogP contribution in [0.25, 0.3) is 26.4 Å². The predicted molar refractivity (Wildman–Crippen MR) is 449 cm³/mol. The van der Waals surface area contributed by atoms with Crippen molar-refractivity contribution in [2.75, 3.05) is 62.6 Å². The zero-order valence-corrected chi connectivity index (χ0v) is 70.1. The molecule has 129 heavy (non-hydrogen) atoms. The summed E-state index contributed by atoms with van der Waals surface area (Å²) in [6.07, 6.45) is 0. The second-order valence-corrected chi connectivity index (χ2v) is 22.9. The first-order valence-electron chi connectivity index (χ1n) is 33.8. The molecule has 0 aliphatic rings. The molecule has 1 heterocycles. The van der Waals surface area contributed by atoms with Gasteiger partial charge in [0.15, 0.2) is 28.3 Å². The molecule has 0 aliphatic carbocycles. The number of carboxylic acid groups (broad SMARTS) is 6. The molecule has 13 N–H and O–H groups in total. The van der Waals surface area contributed by atoms with Crippen LogP contribution in [0.1, 0.15) is 63.6 Å². The summed E-state index contributed by atoms with van der Waals surface area (Å²) in [4.78, 5) is 142. The minimum absolute atomic E-state index is 0. The van der Waals surface area contributed by atoms with Gasteiger partial charge in [-0.05, 0) is 129 Å². The van der Waals surface area contributed by atoms with E-state index in [4.69, 9.17) is 109 Å². The molecule has 52 nitrogen and oxygen atoms in total. The van der Waals surface area contributed by atoms with Crippen LogP contribution >= 0.6 is 0 Å². The Morgan fingerprint density at radius 2 is 0.690 bits per heavy atom. The molecule has 10 aromatic carbocycles. The molecular weight excluding hydrogens is 1730 g/mol. The number of anilines is 1. The topological polar surface area (TPSA) is 773 Å². The third kappa shape index (κ3) is 32.1. The summed E-state index contributed by atoms with van der Waals surface area (Å²) in [5.74, 6) is -2.79. The zero-order chi connectivity index (χ0) is 95.5. The van der Waals surface area contributed by atoms with Crippen LogP contribution in [0.4, 0.5) is 68.2 Å². The number of hydrogen-bond acceptors (Lipinski definition) is 35. The van der Waals surface area contributed by atoms with Crippen molar-refractivity contribution in [3.63, 3.8) is 0 Å². The van der Waals surface area contributed by atoms with E-state index >= 15 is 0 Å². The van der Waals surface area contributed by atoms with E-state index in [2.05, 4.69) is 35.2 Å². The number of H-pyrrole nitrogens is 1. The summed E-state index contributed by atoms with van der Waals surface area (Å²) in [5.41, 5.74) is 13.8. The second-order valence-electron chi connectivity index (χ2n) is 22.9. The number of carbonyl (C=O) groups is 6. The smallest absolute Gasteiger partial charge is 0.497 e. The summed E-state index contributed by atoms with van der Waals surface area (Å²) in [6, 6.07) is 43.1. The van der Waals surface area contributed by atoms with E-state index in [9.17, 15) is 84.2 Å². The molecule has 0 spiro atoms. The molecule has 0 bridgehead atoms. The first kappa shape index (κ1) is 109. The summed E-state index contributed by atoms with van der Waals surface area (Å²) < 4.78 is 41.4. The standard InChI is InChI=1S/2C15H13N3O6.C15H13N3O5.2C8H4N2O4.C8H10O2.C7H6N2O4.H2N2.HNO2.Na.H2O.H2/c2*1-23-10-4-6-12(14(8-10)24-2)17-16-11-5-3-9(15(19)20)7-13(11)18(21)22;1-22-10-4-6-12(14(8-10)23-2)17-16-11-5-3-9(15(19)20)7-13(11)18(17)21;2*1-9-6-3-2-5(8(11)12)4-7(6)10(13)14;1-9-7-4-3-5-8(6-7)10-2;8-5-2-1-4(7(10)11)3-6(5)9(12)13;1-2;2-1-3;;;/h2*3-8H,1-2H3,(H,19,20);3-8H,1-2H3,(H-,16,19,20,21);2*1-4H;3-6H,1-2H3;1-3H,8H2,(H,10,11);1-2H;(H,2,3);;1H2;1H/q;;;;;;;;;+1;;/p+2. The number of benzene rings is 10. The molecule has 0 atom stereocenters. The molecule has 0 aliphatic heterocycles. The molecule has 0 fully saturated rings. The number of hydrogen-bond donors (Lipinski definition) is 10. The van der Waals surface area contributed by atoms with Gasteiger partial charge in [0.25, 0.3) is 35.7 Å². The second kappa shape index (κ2) is 54.1. The van der Waals surface area contributed by atoms with Crippen LogP contribution < -0.4 is 77.7 Å². The van der Waals surface area contributed by atoms with Crippen LogP contribution in [0.5, 0.6) is 46.0 Å². The molecule has 11 rings (SSSR count). The Labute approximate surface area is 745 Å². The number of nitrogen functional groups attached to an aromatic ring is 1. The molecule has 0 unspecified atom stereocenters. The number of nitro groups is 5. The number of nitrogens with two attached hydrogens (primary N) is 1. The summed E-state index contributed by atoms with van der Waals surface area (Å²) in [7, 11) is 12.2. The molecule has 0 saturated heterocycles. The maximum atomic E-state index is 12.5. The Balaban J connectivity index is 0.00000150. The quantitative estimate of drug-likeness (QED) is 0.00511. The summed E-state index contributed by atoms with van der Waals surface area (Å²) in [5, 5.41) is 133. The monoisotopic (exact) mass is 1800 g/mol. The number of methoxy groups -OCH3 is 8. The third-order valence-electron chi connectivity index (χ3n) is 15.5. The third-order valence-corrected chi connectivity index (χ3v) is 15.5. The van der Waals surface area contributed by atoms with Crippen LogP contribution in [0, 0.1) is 89.8 Å². The van der Waals surface area contributed by atoms with Crippen LogP contribution in [-0.4, -0.2) is 163 Å². The fraction of sp³-hybridized carbons (Fsp3) is 0.105. The number of ether oxygens (including phenoxy) is 8. The number of aromatic carboxylic acids is 6. The Morgan fingerprint density at radius 1 is 0.411 bits per heavy atom. The minimum Gasteiger partial charge on any atom is -0.497 e. The van der Waals surface area contributed by atoms with Gasteiger partial charge in [0.05, 0.1) is 119 Å². The number of nitrogens with one attached hydrogen (secondary N) is 3. The van der Waals surface area contributed by atoms with Gasteiger partial charge >= 0.3 is 88.1 Å². The molecule has 11 aromatic rings. The van der Waals surface area contributed by atoms with Gasteiger partial charge in [-0.3, -0.25) is 50.6 Å². The normalized spacial score (nSPS) is 9.60. The maximum absolute atomic E-state index is 12.5. The number of carboxylic acids is 6. The average molecular weight is 1800 g/mol. The van der Waals surface area contributed by atoms with E-state index in [1.807, 2.05) is 24.3 Å². The van der Waals surface area contributed by atoms with Gasteiger partial charge in [-0.25, -0.2) is 39.8 Å². The number of fused-ring (bicyclic) bond motifs is 1. The van der Waals surface area contributed by atoms with Gasteiger partial charge in [-0.15, -0.1) is 25.8 Å². The van der Waals surface area contributed by atoms with Crippen molar-refractivity contribution >= 4 is 115 Å². The largest absolute Gasteiger partial charge is 1.00 e.